The summed E-state index contributed by atoms with van der Waals surface area (Å²) in [5, 5.41) is 8.04. The Morgan fingerprint density at radius 1 is 1.04 bits per heavy atom. The second-order valence-corrected chi connectivity index (χ2v) is 7.58. The van der Waals surface area contributed by atoms with Gasteiger partial charge in [-0.1, -0.05) is 29.3 Å². The van der Waals surface area contributed by atoms with E-state index in [1.54, 1.807) is 26.0 Å². The van der Waals surface area contributed by atoms with Gasteiger partial charge in [0.05, 0.1) is 24.3 Å². The minimum atomic E-state index is 0.562. The van der Waals surface area contributed by atoms with Crippen molar-refractivity contribution in [3.63, 3.8) is 0 Å². The molecule has 0 saturated heterocycles. The Hall–Kier alpha value is -1.34. The summed E-state index contributed by atoms with van der Waals surface area (Å²) < 4.78 is 10.5. The van der Waals surface area contributed by atoms with Gasteiger partial charge >= 0.3 is 0 Å². The van der Waals surface area contributed by atoms with E-state index in [9.17, 15) is 0 Å². The molecule has 26 heavy (non-hydrogen) atoms. The molecule has 2 aromatic carbocycles. The number of rotatable bonds is 8. The summed E-state index contributed by atoms with van der Waals surface area (Å²) >= 11 is 19.0. The third kappa shape index (κ3) is 6.43. The van der Waals surface area contributed by atoms with Gasteiger partial charge in [0.25, 0.3) is 0 Å². The van der Waals surface area contributed by atoms with E-state index < -0.39 is 0 Å². The molecule has 0 bridgehead atoms. The summed E-state index contributed by atoms with van der Waals surface area (Å²) in [7, 11) is 3.20. The molecule has 0 heterocycles. The highest BCUT2D eigenvalue weighted by molar-refractivity contribution is 7.98. The van der Waals surface area contributed by atoms with E-state index in [2.05, 4.69) is 10.6 Å². The van der Waals surface area contributed by atoms with Crippen molar-refractivity contribution in [1.29, 1.82) is 0 Å². The third-order valence-electron chi connectivity index (χ3n) is 3.43. The molecule has 2 rings (SSSR count). The fourth-order valence-corrected chi connectivity index (χ4v) is 3.49. The number of thioether (sulfide) groups is 1. The van der Waals surface area contributed by atoms with Crippen LogP contribution in [0.25, 0.3) is 0 Å². The lowest BCUT2D eigenvalue weighted by Crippen LogP contribution is -2.30. The zero-order valence-corrected chi connectivity index (χ0v) is 17.6. The van der Waals surface area contributed by atoms with E-state index in [1.165, 1.54) is 0 Å². The number of thiocarbonyl (C=S) groups is 1. The molecule has 0 fully saturated rings. The molecule has 4 nitrogen and oxygen atoms in total. The third-order valence-corrected chi connectivity index (χ3v) is 5.44. The van der Waals surface area contributed by atoms with Crippen LogP contribution >= 0.6 is 47.2 Å². The minimum Gasteiger partial charge on any atom is -0.493 e. The van der Waals surface area contributed by atoms with Crippen LogP contribution in [-0.2, 0) is 5.75 Å². The number of benzene rings is 2. The van der Waals surface area contributed by atoms with Crippen molar-refractivity contribution in [2.45, 2.75) is 5.75 Å². The lowest BCUT2D eigenvalue weighted by molar-refractivity contribution is 0.355. The van der Waals surface area contributed by atoms with Crippen LogP contribution in [0.5, 0.6) is 11.5 Å². The molecular formula is C18H20Cl2N2O2S2. The number of nitrogens with one attached hydrogen (secondary N) is 2. The Kier molecular flexibility index (Phi) is 8.65. The molecule has 0 aromatic heterocycles. The summed E-state index contributed by atoms with van der Waals surface area (Å²) in [4.78, 5) is 0. The zero-order chi connectivity index (χ0) is 18.9. The Labute approximate surface area is 173 Å². The quantitative estimate of drug-likeness (QED) is 0.441. The lowest BCUT2D eigenvalue weighted by Gasteiger charge is -2.13. The summed E-state index contributed by atoms with van der Waals surface area (Å²) in [6, 6.07) is 11.3. The summed E-state index contributed by atoms with van der Waals surface area (Å²) in [5.41, 5.74) is 1.99. The average Bonchev–Trinajstić information content (AvgIpc) is 2.64. The molecule has 0 radical (unpaired) electrons. The first kappa shape index (κ1) is 21.0. The lowest BCUT2D eigenvalue weighted by atomic mass is 10.2. The maximum absolute atomic E-state index is 6.02. The smallest absolute Gasteiger partial charge is 0.170 e. The van der Waals surface area contributed by atoms with Crippen LogP contribution in [0.4, 0.5) is 5.69 Å². The van der Waals surface area contributed by atoms with Crippen molar-refractivity contribution in [1.82, 2.24) is 5.32 Å². The van der Waals surface area contributed by atoms with E-state index >= 15 is 0 Å². The first-order chi connectivity index (χ1) is 12.5. The van der Waals surface area contributed by atoms with Gasteiger partial charge in [-0.3, -0.25) is 0 Å². The highest BCUT2D eigenvalue weighted by atomic mass is 35.5. The fraction of sp³-hybridized carbons (Fsp3) is 0.278. The number of anilines is 1. The SMILES string of the molecule is COc1ccc(NC(=S)NCCSCc2ccc(Cl)c(Cl)c2)cc1OC. The van der Waals surface area contributed by atoms with E-state index in [0.717, 1.165) is 29.3 Å². The van der Waals surface area contributed by atoms with Crippen LogP contribution in [0, 0.1) is 0 Å². The molecule has 0 amide bonds. The number of ether oxygens (including phenoxy) is 2. The van der Waals surface area contributed by atoms with Crippen molar-refractivity contribution < 1.29 is 9.47 Å². The van der Waals surface area contributed by atoms with Crippen LogP contribution in [-0.4, -0.2) is 31.6 Å². The van der Waals surface area contributed by atoms with Crippen molar-refractivity contribution in [2.24, 2.45) is 0 Å². The Morgan fingerprint density at radius 3 is 2.50 bits per heavy atom. The predicted octanol–water partition coefficient (Wildman–Crippen LogP) is 5.23. The van der Waals surface area contributed by atoms with Crippen molar-refractivity contribution in [3.05, 3.63) is 52.0 Å². The van der Waals surface area contributed by atoms with Crippen LogP contribution in [0.3, 0.4) is 0 Å². The van der Waals surface area contributed by atoms with Gasteiger partial charge in [0.1, 0.15) is 0 Å². The van der Waals surface area contributed by atoms with Gasteiger partial charge in [0.2, 0.25) is 0 Å². The highest BCUT2D eigenvalue weighted by Gasteiger charge is 2.05. The van der Waals surface area contributed by atoms with Crippen LogP contribution < -0.4 is 20.1 Å². The molecule has 2 N–H and O–H groups in total. The molecular weight excluding hydrogens is 411 g/mol. The minimum absolute atomic E-state index is 0.562. The molecule has 0 aliphatic carbocycles. The molecule has 8 heteroatoms. The number of methoxy groups -OCH3 is 2. The topological polar surface area (TPSA) is 42.5 Å². The van der Waals surface area contributed by atoms with E-state index in [0.29, 0.717) is 26.7 Å². The molecule has 0 saturated carbocycles. The van der Waals surface area contributed by atoms with Gasteiger partial charge in [0.15, 0.2) is 16.6 Å². The van der Waals surface area contributed by atoms with Gasteiger partial charge in [-0.05, 0) is 42.0 Å². The van der Waals surface area contributed by atoms with Crippen molar-refractivity contribution in [3.8, 4) is 11.5 Å². The summed E-state index contributed by atoms with van der Waals surface area (Å²) in [6.07, 6.45) is 0. The monoisotopic (exact) mass is 430 g/mol. The Morgan fingerprint density at radius 2 is 1.81 bits per heavy atom. The van der Waals surface area contributed by atoms with Gasteiger partial charge in [-0.2, -0.15) is 11.8 Å². The van der Waals surface area contributed by atoms with Gasteiger partial charge in [0, 0.05) is 29.8 Å². The largest absolute Gasteiger partial charge is 0.493 e. The van der Waals surface area contributed by atoms with E-state index in [1.807, 2.05) is 36.4 Å². The van der Waals surface area contributed by atoms with Crippen molar-refractivity contribution in [2.75, 3.05) is 31.8 Å². The van der Waals surface area contributed by atoms with Crippen molar-refractivity contribution >= 4 is 58.0 Å². The molecule has 0 atom stereocenters. The standard InChI is InChI=1S/C18H20Cl2N2O2S2/c1-23-16-6-4-13(10-17(16)24-2)22-18(25)21-7-8-26-11-12-3-5-14(19)15(20)9-12/h3-6,9-10H,7-8,11H2,1-2H3,(H2,21,22,25). The second-order valence-electron chi connectivity index (χ2n) is 5.25. The van der Waals surface area contributed by atoms with Crippen LogP contribution in [0.1, 0.15) is 5.56 Å². The summed E-state index contributed by atoms with van der Waals surface area (Å²) in [6.45, 7) is 0.755. The molecule has 0 unspecified atom stereocenters. The molecule has 140 valence electrons. The second kappa shape index (κ2) is 10.7. The Balaban J connectivity index is 1.71. The fourth-order valence-electron chi connectivity index (χ4n) is 2.15. The van der Waals surface area contributed by atoms with Gasteiger partial charge in [-0.25, -0.2) is 0 Å². The van der Waals surface area contributed by atoms with E-state index in [-0.39, 0.29) is 0 Å². The van der Waals surface area contributed by atoms with Gasteiger partial charge < -0.3 is 20.1 Å². The molecule has 0 aliphatic heterocycles. The van der Waals surface area contributed by atoms with Crippen LogP contribution in [0.15, 0.2) is 36.4 Å². The highest BCUT2D eigenvalue weighted by Crippen LogP contribution is 2.29. The number of halogens is 2. The first-order valence-corrected chi connectivity index (χ1v) is 10.1. The molecule has 0 spiro atoms. The Bertz CT molecular complexity index is 760. The van der Waals surface area contributed by atoms with Gasteiger partial charge in [-0.15, -0.1) is 0 Å². The maximum atomic E-state index is 6.02. The average molecular weight is 431 g/mol. The zero-order valence-electron chi connectivity index (χ0n) is 14.5. The number of hydrogen-bond donors (Lipinski definition) is 2. The van der Waals surface area contributed by atoms with E-state index in [4.69, 9.17) is 44.9 Å². The molecule has 2 aromatic rings. The number of hydrogen-bond acceptors (Lipinski definition) is 4. The molecule has 0 aliphatic rings. The summed E-state index contributed by atoms with van der Waals surface area (Å²) in [5.74, 6) is 3.11. The predicted molar refractivity (Wildman–Crippen MR) is 116 cm³/mol. The normalized spacial score (nSPS) is 10.3. The first-order valence-electron chi connectivity index (χ1n) is 7.82. The van der Waals surface area contributed by atoms with Crippen LogP contribution in [0.2, 0.25) is 10.0 Å². The maximum Gasteiger partial charge on any atom is 0.170 e.